The molecule has 1 aliphatic rings. The maximum atomic E-state index is 13.3. The molecule has 0 bridgehead atoms. The van der Waals surface area contributed by atoms with Gasteiger partial charge in [-0.1, -0.05) is 29.3 Å². The second kappa shape index (κ2) is 8.68. The molecule has 0 saturated heterocycles. The van der Waals surface area contributed by atoms with Crippen molar-refractivity contribution in [3.05, 3.63) is 55.7 Å². The first-order valence-electron chi connectivity index (χ1n) is 9.14. The Morgan fingerprint density at radius 2 is 1.93 bits per heavy atom. The minimum atomic E-state index is -1.04. The third kappa shape index (κ3) is 4.27. The molecule has 4 nitrogen and oxygen atoms in total. The SMILES string of the molecule is CC(C)N(C(=O)c1ccc(Cl)cc1Cl)c1cc(C2=CCCCC2)sc1C(=O)O. The van der Waals surface area contributed by atoms with Gasteiger partial charge in [-0.25, -0.2) is 4.79 Å². The molecule has 2 aromatic rings. The van der Waals surface area contributed by atoms with Crippen LogP contribution in [-0.4, -0.2) is 23.0 Å². The summed E-state index contributed by atoms with van der Waals surface area (Å²) < 4.78 is 0. The van der Waals surface area contributed by atoms with Gasteiger partial charge >= 0.3 is 5.97 Å². The number of hydrogen-bond acceptors (Lipinski definition) is 3. The number of carbonyl (C=O) groups is 2. The smallest absolute Gasteiger partial charge is 0.348 e. The maximum absolute atomic E-state index is 13.3. The predicted molar refractivity (Wildman–Crippen MR) is 116 cm³/mol. The quantitative estimate of drug-likeness (QED) is 0.561. The average Bonchev–Trinajstić information content (AvgIpc) is 3.07. The van der Waals surface area contributed by atoms with Gasteiger partial charge in [0.05, 0.1) is 16.3 Å². The van der Waals surface area contributed by atoms with Crippen LogP contribution in [0.15, 0.2) is 30.3 Å². The van der Waals surface area contributed by atoms with E-state index in [9.17, 15) is 14.7 Å². The first-order chi connectivity index (χ1) is 13.3. The number of aromatic carboxylic acids is 1. The second-order valence-corrected chi connectivity index (χ2v) is 8.89. The zero-order valence-electron chi connectivity index (χ0n) is 15.7. The summed E-state index contributed by atoms with van der Waals surface area (Å²) in [7, 11) is 0. The van der Waals surface area contributed by atoms with Gasteiger partial charge in [0, 0.05) is 15.9 Å². The molecule has 1 heterocycles. The van der Waals surface area contributed by atoms with Crippen LogP contribution in [0, 0.1) is 0 Å². The Morgan fingerprint density at radius 3 is 2.50 bits per heavy atom. The number of hydrogen-bond donors (Lipinski definition) is 1. The lowest BCUT2D eigenvalue weighted by molar-refractivity contribution is 0.0703. The van der Waals surface area contributed by atoms with E-state index in [2.05, 4.69) is 6.08 Å². The molecule has 1 N–H and O–H groups in total. The Labute approximate surface area is 178 Å². The van der Waals surface area contributed by atoms with Crippen molar-refractivity contribution in [1.29, 1.82) is 0 Å². The number of anilines is 1. The summed E-state index contributed by atoms with van der Waals surface area (Å²) in [6.45, 7) is 3.70. The highest BCUT2D eigenvalue weighted by Crippen LogP contribution is 2.39. The number of rotatable bonds is 5. The molecule has 28 heavy (non-hydrogen) atoms. The zero-order chi connectivity index (χ0) is 20.4. The fourth-order valence-electron chi connectivity index (χ4n) is 3.35. The molecule has 0 fully saturated rings. The molecular weight excluding hydrogens is 417 g/mol. The van der Waals surface area contributed by atoms with Gasteiger partial charge in [0.1, 0.15) is 4.88 Å². The lowest BCUT2D eigenvalue weighted by atomic mass is 9.98. The zero-order valence-corrected chi connectivity index (χ0v) is 18.0. The number of carboxylic acids is 1. The van der Waals surface area contributed by atoms with Crippen molar-refractivity contribution in [2.24, 2.45) is 0 Å². The molecule has 1 aromatic carbocycles. The number of nitrogens with zero attached hydrogens (tertiary/aromatic N) is 1. The molecule has 0 spiro atoms. The van der Waals surface area contributed by atoms with Crippen molar-refractivity contribution in [2.45, 2.75) is 45.6 Å². The first-order valence-corrected chi connectivity index (χ1v) is 10.7. The van der Waals surface area contributed by atoms with Crippen molar-refractivity contribution in [3.63, 3.8) is 0 Å². The van der Waals surface area contributed by atoms with Crippen LogP contribution in [0.3, 0.4) is 0 Å². The van der Waals surface area contributed by atoms with Gasteiger partial charge < -0.3 is 10.0 Å². The van der Waals surface area contributed by atoms with E-state index in [1.165, 1.54) is 22.3 Å². The Kier molecular flexibility index (Phi) is 6.48. The first kappa shape index (κ1) is 20.9. The molecule has 3 rings (SSSR count). The number of carboxylic acid groups (broad SMARTS) is 1. The largest absolute Gasteiger partial charge is 0.477 e. The molecule has 1 amide bonds. The standard InChI is InChI=1S/C21H21Cl2NO3S/c1-12(2)24(20(25)15-9-8-14(22)10-16(15)23)17-11-18(28-19(17)21(26)27)13-6-4-3-5-7-13/h6,8-12H,3-5,7H2,1-2H3,(H,26,27). The summed E-state index contributed by atoms with van der Waals surface area (Å²) in [6, 6.07) is 6.26. The summed E-state index contributed by atoms with van der Waals surface area (Å²) in [6.07, 6.45) is 6.34. The Bertz CT molecular complexity index is 949. The van der Waals surface area contributed by atoms with Crippen molar-refractivity contribution in [2.75, 3.05) is 4.90 Å². The number of halogens is 2. The van der Waals surface area contributed by atoms with E-state index in [4.69, 9.17) is 23.2 Å². The summed E-state index contributed by atoms with van der Waals surface area (Å²) in [5, 5.41) is 10.4. The van der Waals surface area contributed by atoms with Crippen LogP contribution in [0.25, 0.3) is 5.57 Å². The van der Waals surface area contributed by atoms with E-state index < -0.39 is 5.97 Å². The minimum Gasteiger partial charge on any atom is -0.477 e. The van der Waals surface area contributed by atoms with Gasteiger partial charge in [-0.3, -0.25) is 4.79 Å². The summed E-state index contributed by atoms with van der Waals surface area (Å²) in [5.41, 5.74) is 1.86. The highest BCUT2D eigenvalue weighted by atomic mass is 35.5. The molecule has 0 aliphatic heterocycles. The second-order valence-electron chi connectivity index (χ2n) is 7.00. The highest BCUT2D eigenvalue weighted by Gasteiger charge is 2.29. The van der Waals surface area contributed by atoms with Crippen LogP contribution < -0.4 is 4.90 Å². The summed E-state index contributed by atoms with van der Waals surface area (Å²) in [5.74, 6) is -1.38. The van der Waals surface area contributed by atoms with E-state index in [1.807, 2.05) is 19.9 Å². The Balaban J connectivity index is 2.08. The average molecular weight is 438 g/mol. The van der Waals surface area contributed by atoms with Crippen molar-refractivity contribution < 1.29 is 14.7 Å². The van der Waals surface area contributed by atoms with Crippen LogP contribution in [0.2, 0.25) is 10.0 Å². The molecule has 0 radical (unpaired) electrons. The van der Waals surface area contributed by atoms with Crippen molar-refractivity contribution >= 4 is 57.7 Å². The number of amides is 1. The number of benzene rings is 1. The van der Waals surface area contributed by atoms with E-state index in [1.54, 1.807) is 12.1 Å². The molecular formula is C21H21Cl2NO3S. The van der Waals surface area contributed by atoms with Crippen LogP contribution >= 0.6 is 34.5 Å². The van der Waals surface area contributed by atoms with E-state index in [0.29, 0.717) is 16.3 Å². The number of allylic oxidation sites excluding steroid dienone is 2. The van der Waals surface area contributed by atoms with Gasteiger partial charge in [0.25, 0.3) is 5.91 Å². The van der Waals surface area contributed by atoms with Crippen LogP contribution in [0.1, 0.15) is 64.4 Å². The van der Waals surface area contributed by atoms with Crippen molar-refractivity contribution in [3.8, 4) is 0 Å². The van der Waals surface area contributed by atoms with E-state index >= 15 is 0 Å². The third-order valence-electron chi connectivity index (χ3n) is 4.67. The lowest BCUT2D eigenvalue weighted by Crippen LogP contribution is -2.37. The Hall–Kier alpha value is -1.82. The van der Waals surface area contributed by atoms with E-state index in [-0.39, 0.29) is 21.8 Å². The number of thiophene rings is 1. The lowest BCUT2D eigenvalue weighted by Gasteiger charge is -2.27. The van der Waals surface area contributed by atoms with Crippen LogP contribution in [0.5, 0.6) is 0 Å². The number of carbonyl (C=O) groups excluding carboxylic acids is 1. The molecule has 148 valence electrons. The molecule has 0 saturated carbocycles. The molecule has 7 heteroatoms. The van der Waals surface area contributed by atoms with Gasteiger partial charge in [-0.05, 0) is 69.4 Å². The maximum Gasteiger partial charge on any atom is 0.348 e. The molecule has 1 aliphatic carbocycles. The minimum absolute atomic E-state index is 0.161. The topological polar surface area (TPSA) is 57.6 Å². The van der Waals surface area contributed by atoms with Crippen LogP contribution in [-0.2, 0) is 0 Å². The van der Waals surface area contributed by atoms with Gasteiger partial charge in [-0.2, -0.15) is 0 Å². The monoisotopic (exact) mass is 437 g/mol. The highest BCUT2D eigenvalue weighted by molar-refractivity contribution is 7.15. The fraction of sp³-hybridized carbons (Fsp3) is 0.333. The predicted octanol–water partition coefficient (Wildman–Crippen LogP) is 6.77. The fourth-order valence-corrected chi connectivity index (χ4v) is 4.89. The summed E-state index contributed by atoms with van der Waals surface area (Å²) >= 11 is 13.4. The van der Waals surface area contributed by atoms with Crippen molar-refractivity contribution in [1.82, 2.24) is 0 Å². The van der Waals surface area contributed by atoms with E-state index in [0.717, 1.165) is 36.1 Å². The molecule has 0 unspecified atom stereocenters. The van der Waals surface area contributed by atoms with Gasteiger partial charge in [-0.15, -0.1) is 11.3 Å². The third-order valence-corrected chi connectivity index (χ3v) is 6.41. The summed E-state index contributed by atoms with van der Waals surface area (Å²) in [4.78, 5) is 27.8. The molecule has 1 aromatic heterocycles. The normalized spacial score (nSPS) is 14.1. The Morgan fingerprint density at radius 1 is 1.18 bits per heavy atom. The van der Waals surface area contributed by atoms with Gasteiger partial charge in [0.15, 0.2) is 0 Å². The molecule has 0 atom stereocenters. The van der Waals surface area contributed by atoms with Crippen LogP contribution in [0.4, 0.5) is 5.69 Å². The van der Waals surface area contributed by atoms with Gasteiger partial charge in [0.2, 0.25) is 0 Å².